The van der Waals surface area contributed by atoms with Gasteiger partial charge in [-0.05, 0) is 33.7 Å². The first-order valence-corrected chi connectivity index (χ1v) is 12.9. The van der Waals surface area contributed by atoms with E-state index in [4.69, 9.17) is 9.47 Å². The van der Waals surface area contributed by atoms with E-state index in [1.807, 2.05) is 11.9 Å². The average Bonchev–Trinajstić information content (AvgIpc) is 2.89. The number of carbonyl (C=O) groups is 6. The van der Waals surface area contributed by atoms with Gasteiger partial charge in [-0.15, -0.1) is 0 Å². The molecule has 4 atom stereocenters. The third kappa shape index (κ3) is 3.78. The van der Waals surface area contributed by atoms with Crippen molar-refractivity contribution in [1.29, 1.82) is 0 Å². The topological polar surface area (TPSA) is 139 Å². The summed E-state index contributed by atoms with van der Waals surface area (Å²) >= 11 is 0. The van der Waals surface area contributed by atoms with Gasteiger partial charge in [0.25, 0.3) is 5.91 Å². The first-order valence-electron chi connectivity index (χ1n) is 12.9. The Morgan fingerprint density at radius 2 is 1.41 bits per heavy atom. The van der Waals surface area contributed by atoms with Crippen LogP contribution in [0.5, 0.6) is 0 Å². The molecule has 2 aliphatic carbocycles. The molecular formula is C28H31N3O8. The predicted molar refractivity (Wildman–Crippen MR) is 136 cm³/mol. The molecule has 0 saturated carbocycles. The molecule has 3 aliphatic heterocycles. The fourth-order valence-electron chi connectivity index (χ4n) is 6.85. The van der Waals surface area contributed by atoms with E-state index in [1.165, 1.54) is 21.1 Å². The van der Waals surface area contributed by atoms with Gasteiger partial charge < -0.3 is 14.8 Å². The lowest BCUT2D eigenvalue weighted by Crippen LogP contribution is -2.71. The zero-order valence-corrected chi connectivity index (χ0v) is 22.8. The summed E-state index contributed by atoms with van der Waals surface area (Å²) < 4.78 is 10.6. The molecule has 1 saturated heterocycles. The Morgan fingerprint density at radius 1 is 0.872 bits per heavy atom. The van der Waals surface area contributed by atoms with Crippen LogP contribution in [0.1, 0.15) is 33.6 Å². The molecule has 0 unspecified atom stereocenters. The van der Waals surface area contributed by atoms with E-state index < -0.39 is 35.6 Å². The van der Waals surface area contributed by atoms with Gasteiger partial charge in [-0.25, -0.2) is 0 Å². The first-order chi connectivity index (χ1) is 18.4. The Bertz CT molecular complexity index is 1400. The smallest absolute Gasteiger partial charge is 0.287 e. The molecule has 1 N–H and O–H groups in total. The molecule has 11 nitrogen and oxygen atoms in total. The molecule has 0 radical (unpaired) electrons. The third-order valence-electron chi connectivity index (χ3n) is 8.76. The second-order valence-electron chi connectivity index (χ2n) is 10.6. The minimum absolute atomic E-state index is 0.0103. The van der Waals surface area contributed by atoms with Crippen molar-refractivity contribution in [3.05, 3.63) is 45.0 Å². The molecule has 1 amide bonds. The summed E-state index contributed by atoms with van der Waals surface area (Å²) in [5.41, 5.74) is 1.83. The van der Waals surface area contributed by atoms with Crippen molar-refractivity contribution in [3.8, 4) is 0 Å². The number of ketones is 5. The van der Waals surface area contributed by atoms with E-state index in [0.29, 0.717) is 29.7 Å². The maximum Gasteiger partial charge on any atom is 0.287 e. The Kier molecular flexibility index (Phi) is 6.54. The summed E-state index contributed by atoms with van der Waals surface area (Å²) in [5.74, 6) is -2.85. The number of methoxy groups -OCH3 is 2. The Labute approximate surface area is 225 Å². The van der Waals surface area contributed by atoms with Gasteiger partial charge in [-0.3, -0.25) is 38.6 Å². The second-order valence-corrected chi connectivity index (χ2v) is 10.6. The van der Waals surface area contributed by atoms with Crippen LogP contribution in [0, 0.1) is 0 Å². The highest BCUT2D eigenvalue weighted by Gasteiger charge is 2.56. The average molecular weight is 538 g/mol. The summed E-state index contributed by atoms with van der Waals surface area (Å²) in [6, 6.07) is -1.93. The molecule has 5 rings (SSSR count). The highest BCUT2D eigenvalue weighted by molar-refractivity contribution is 6.35. The van der Waals surface area contributed by atoms with Gasteiger partial charge in [0.2, 0.25) is 17.3 Å². The minimum Gasteiger partial charge on any atom is -0.492 e. The molecular weight excluding hydrogens is 506 g/mol. The van der Waals surface area contributed by atoms with Crippen molar-refractivity contribution in [2.75, 3.05) is 34.4 Å². The van der Waals surface area contributed by atoms with E-state index in [9.17, 15) is 28.8 Å². The maximum absolute atomic E-state index is 13.7. The molecule has 0 aromatic rings. The maximum atomic E-state index is 13.7. The summed E-state index contributed by atoms with van der Waals surface area (Å²) in [6.07, 6.45) is 0.495. The van der Waals surface area contributed by atoms with Crippen molar-refractivity contribution >= 4 is 34.8 Å². The number of nitrogens with zero attached hydrogens (tertiary/aromatic N) is 2. The summed E-state index contributed by atoms with van der Waals surface area (Å²) in [5, 5.41) is 2.61. The molecule has 0 spiro atoms. The quantitative estimate of drug-likeness (QED) is 0.375. The molecule has 1 fully saturated rings. The number of ether oxygens (including phenoxy) is 2. The van der Waals surface area contributed by atoms with Gasteiger partial charge >= 0.3 is 0 Å². The Balaban J connectivity index is 1.64. The first kappa shape index (κ1) is 26.9. The van der Waals surface area contributed by atoms with E-state index in [1.54, 1.807) is 6.92 Å². The lowest BCUT2D eigenvalue weighted by molar-refractivity contribution is -0.137. The molecule has 2 bridgehead atoms. The SMILES string of the molecule is COC1=C(C)C(=O)C2=C(C1=O)[C@@H]1[C@H]3CC4=C(C(=O)C(OC)=C(C)C4=O)[C@@H](CNC(=O)C(C)=O)N3C[C@H](C2)N1C. The van der Waals surface area contributed by atoms with Crippen molar-refractivity contribution in [2.45, 2.75) is 57.8 Å². The van der Waals surface area contributed by atoms with Gasteiger partial charge in [-0.1, -0.05) is 0 Å². The lowest BCUT2D eigenvalue weighted by atomic mass is 9.69. The van der Waals surface area contributed by atoms with E-state index in [0.717, 1.165) is 6.92 Å². The van der Waals surface area contributed by atoms with Crippen LogP contribution in [-0.4, -0.2) is 103 Å². The number of carbonyl (C=O) groups excluding carboxylic acids is 6. The van der Waals surface area contributed by atoms with Crippen molar-refractivity contribution in [1.82, 2.24) is 15.1 Å². The highest BCUT2D eigenvalue weighted by atomic mass is 16.5. The number of rotatable bonds is 5. The van der Waals surface area contributed by atoms with Crippen molar-refractivity contribution in [3.63, 3.8) is 0 Å². The lowest BCUT2D eigenvalue weighted by Gasteiger charge is -2.58. The van der Waals surface area contributed by atoms with Crippen molar-refractivity contribution in [2.24, 2.45) is 0 Å². The van der Waals surface area contributed by atoms with Crippen LogP contribution in [0.2, 0.25) is 0 Å². The summed E-state index contributed by atoms with van der Waals surface area (Å²) in [7, 11) is 4.58. The van der Waals surface area contributed by atoms with Crippen LogP contribution < -0.4 is 5.32 Å². The molecule has 11 heteroatoms. The number of Topliss-reactive ketones (excluding diaryl/α,β-unsaturated/α-hetero) is 5. The number of hydrogen-bond donors (Lipinski definition) is 1. The van der Waals surface area contributed by atoms with Crippen LogP contribution in [0.3, 0.4) is 0 Å². The van der Waals surface area contributed by atoms with Gasteiger partial charge in [0.15, 0.2) is 23.1 Å². The standard InChI is InChI=1S/C28H31N3O8/c1-11-22(33)15-7-14-10-31-17(21(30(14)4)20(15)25(36)27(11)39-6)8-16-19(18(31)9-29-28(37)13(3)32)24(35)26(38-5)12(2)23(16)34/h14,17-18,21H,7-10H2,1-6H3,(H,29,37)/t14-,17+,18+,21-/m0/s1. The molecule has 0 aromatic carbocycles. The predicted octanol–water partition coefficient (Wildman–Crippen LogP) is -0.0416. The molecule has 39 heavy (non-hydrogen) atoms. The third-order valence-corrected chi connectivity index (χ3v) is 8.76. The van der Waals surface area contributed by atoms with Crippen LogP contribution in [-0.2, 0) is 38.2 Å². The second kappa shape index (κ2) is 9.49. The minimum atomic E-state index is -0.801. The highest BCUT2D eigenvalue weighted by Crippen LogP contribution is 2.47. The number of hydrogen-bond acceptors (Lipinski definition) is 10. The zero-order chi connectivity index (χ0) is 28.5. The van der Waals surface area contributed by atoms with Gasteiger partial charge in [0.05, 0.1) is 26.3 Å². The number of piperazine rings is 1. The number of nitrogens with one attached hydrogen (secondary N) is 1. The monoisotopic (exact) mass is 537 g/mol. The molecule has 5 aliphatic rings. The van der Waals surface area contributed by atoms with E-state index >= 15 is 0 Å². The largest absolute Gasteiger partial charge is 0.492 e. The van der Waals surface area contributed by atoms with E-state index in [-0.39, 0.29) is 64.6 Å². The van der Waals surface area contributed by atoms with E-state index in [2.05, 4.69) is 10.2 Å². The van der Waals surface area contributed by atoms with Crippen LogP contribution in [0.25, 0.3) is 0 Å². The molecule has 3 heterocycles. The van der Waals surface area contributed by atoms with Gasteiger partial charge in [0, 0.05) is 65.5 Å². The Hall–Kier alpha value is -3.70. The summed E-state index contributed by atoms with van der Waals surface area (Å²) in [4.78, 5) is 82.2. The summed E-state index contributed by atoms with van der Waals surface area (Å²) in [6.45, 7) is 4.60. The normalized spacial score (nSPS) is 29.4. The number of amides is 1. The van der Waals surface area contributed by atoms with Gasteiger partial charge in [-0.2, -0.15) is 0 Å². The fraction of sp³-hybridized carbons (Fsp3) is 0.500. The van der Waals surface area contributed by atoms with Crippen molar-refractivity contribution < 1.29 is 38.2 Å². The zero-order valence-electron chi connectivity index (χ0n) is 22.8. The van der Waals surface area contributed by atoms with Gasteiger partial charge in [0.1, 0.15) is 0 Å². The van der Waals surface area contributed by atoms with Crippen LogP contribution in [0.4, 0.5) is 0 Å². The molecule has 0 aromatic heterocycles. The molecule has 206 valence electrons. The Morgan fingerprint density at radius 3 is 1.95 bits per heavy atom. The fourth-order valence-corrected chi connectivity index (χ4v) is 6.85. The number of fused-ring (bicyclic) bond motifs is 5. The van der Waals surface area contributed by atoms with Crippen LogP contribution >= 0.6 is 0 Å². The number of allylic oxidation sites excluding steroid dienone is 4. The van der Waals surface area contributed by atoms with Crippen LogP contribution in [0.15, 0.2) is 45.0 Å². The number of likely N-dealkylation sites (N-methyl/N-ethyl adjacent to an activating group) is 1.